The number of para-hydroxylation sites is 1. The molecule has 1 N–H and O–H groups in total. The molecule has 1 unspecified atom stereocenters. The van der Waals surface area contributed by atoms with Crippen LogP contribution in [0.4, 0.5) is 0 Å². The zero-order valence-corrected chi connectivity index (χ0v) is 13.7. The van der Waals surface area contributed by atoms with E-state index in [1.807, 2.05) is 0 Å². The molecule has 4 rings (SSSR count). The normalized spacial score (nSPS) is 21.0. The first-order valence-electron chi connectivity index (χ1n) is 8.59. The number of nitrogens with one attached hydrogen (secondary N) is 1. The highest BCUT2D eigenvalue weighted by molar-refractivity contribution is 5.75. The Hall–Kier alpha value is -1.84. The minimum atomic E-state index is 0.285. The molecule has 3 nitrogen and oxygen atoms in total. The van der Waals surface area contributed by atoms with Crippen LogP contribution in [0.25, 0.3) is 11.1 Å². The minimum absolute atomic E-state index is 0.285. The van der Waals surface area contributed by atoms with Gasteiger partial charge in [-0.3, -0.25) is 4.90 Å². The van der Waals surface area contributed by atoms with E-state index in [9.17, 15) is 0 Å². The molecular weight excluding hydrogens is 284 g/mol. The number of rotatable bonds is 3. The van der Waals surface area contributed by atoms with Crippen LogP contribution in [0.15, 0.2) is 42.5 Å². The van der Waals surface area contributed by atoms with Crippen molar-refractivity contribution in [1.82, 2.24) is 10.2 Å². The van der Waals surface area contributed by atoms with E-state index in [0.717, 1.165) is 44.9 Å². The van der Waals surface area contributed by atoms with Gasteiger partial charge >= 0.3 is 0 Å². The van der Waals surface area contributed by atoms with Crippen LogP contribution in [0.1, 0.15) is 11.1 Å². The number of hydrogen-bond donors (Lipinski definition) is 1. The van der Waals surface area contributed by atoms with Crippen molar-refractivity contribution in [3.05, 3.63) is 53.6 Å². The van der Waals surface area contributed by atoms with Gasteiger partial charge in [0.15, 0.2) is 0 Å². The van der Waals surface area contributed by atoms with E-state index >= 15 is 0 Å². The van der Waals surface area contributed by atoms with Crippen LogP contribution in [0.2, 0.25) is 0 Å². The van der Waals surface area contributed by atoms with E-state index in [4.69, 9.17) is 4.74 Å². The number of ether oxygens (including phenoxy) is 1. The van der Waals surface area contributed by atoms with Crippen LogP contribution in [-0.4, -0.2) is 43.7 Å². The van der Waals surface area contributed by atoms with Crippen LogP contribution in [0.3, 0.4) is 0 Å². The summed E-state index contributed by atoms with van der Waals surface area (Å²) in [5.41, 5.74) is 5.18. The van der Waals surface area contributed by atoms with E-state index in [0.29, 0.717) is 0 Å². The second kappa shape index (κ2) is 6.34. The van der Waals surface area contributed by atoms with E-state index in [2.05, 4.69) is 59.6 Å². The van der Waals surface area contributed by atoms with E-state index < -0.39 is 0 Å². The first-order chi connectivity index (χ1) is 11.3. The van der Waals surface area contributed by atoms with Crippen molar-refractivity contribution < 1.29 is 4.74 Å². The van der Waals surface area contributed by atoms with Crippen molar-refractivity contribution in [3.8, 4) is 16.9 Å². The lowest BCUT2D eigenvalue weighted by Gasteiger charge is -2.29. The summed E-state index contributed by atoms with van der Waals surface area (Å²) >= 11 is 0. The summed E-state index contributed by atoms with van der Waals surface area (Å²) in [5, 5.41) is 3.41. The van der Waals surface area contributed by atoms with Crippen molar-refractivity contribution in [2.45, 2.75) is 19.4 Å². The van der Waals surface area contributed by atoms with E-state index in [1.165, 1.54) is 22.3 Å². The lowest BCUT2D eigenvalue weighted by atomic mass is 9.97. The van der Waals surface area contributed by atoms with Gasteiger partial charge in [0.25, 0.3) is 0 Å². The van der Waals surface area contributed by atoms with Gasteiger partial charge < -0.3 is 10.1 Å². The van der Waals surface area contributed by atoms with Gasteiger partial charge in [-0.1, -0.05) is 42.5 Å². The molecule has 2 aliphatic rings. The van der Waals surface area contributed by atoms with Gasteiger partial charge in [-0.25, -0.2) is 0 Å². The Balaban J connectivity index is 1.57. The lowest BCUT2D eigenvalue weighted by molar-refractivity contribution is 0.140. The van der Waals surface area contributed by atoms with Gasteiger partial charge in [0, 0.05) is 44.7 Å². The molecule has 1 fully saturated rings. The minimum Gasteiger partial charge on any atom is -0.488 e. The summed E-state index contributed by atoms with van der Waals surface area (Å²) in [7, 11) is 0. The monoisotopic (exact) mass is 308 g/mol. The molecule has 0 aliphatic carbocycles. The second-order valence-electron chi connectivity index (χ2n) is 6.60. The third-order valence-corrected chi connectivity index (χ3v) is 4.94. The fraction of sp³-hybridized carbons (Fsp3) is 0.400. The Morgan fingerprint density at radius 2 is 1.83 bits per heavy atom. The zero-order valence-electron chi connectivity index (χ0n) is 13.7. The summed E-state index contributed by atoms with van der Waals surface area (Å²) in [6.07, 6.45) is 1.31. The Labute approximate surface area is 138 Å². The van der Waals surface area contributed by atoms with E-state index in [-0.39, 0.29) is 6.10 Å². The molecule has 2 aromatic rings. The third-order valence-electron chi connectivity index (χ3n) is 4.94. The summed E-state index contributed by atoms with van der Waals surface area (Å²) in [6.45, 7) is 7.63. The van der Waals surface area contributed by atoms with Gasteiger partial charge in [-0.15, -0.1) is 0 Å². The number of piperazine rings is 1. The van der Waals surface area contributed by atoms with Gasteiger partial charge in [0.1, 0.15) is 11.9 Å². The largest absolute Gasteiger partial charge is 0.488 e. The smallest absolute Gasteiger partial charge is 0.130 e. The topological polar surface area (TPSA) is 24.5 Å². The average molecular weight is 308 g/mol. The highest BCUT2D eigenvalue weighted by atomic mass is 16.5. The molecule has 0 spiro atoms. The van der Waals surface area contributed by atoms with Crippen LogP contribution >= 0.6 is 0 Å². The highest BCUT2D eigenvalue weighted by Crippen LogP contribution is 2.39. The molecule has 1 atom stereocenters. The molecule has 2 aliphatic heterocycles. The molecule has 23 heavy (non-hydrogen) atoms. The molecule has 120 valence electrons. The standard InChI is InChI=1S/C20H24N2O/c1-15-5-2-3-7-18(15)19-8-4-6-16-13-17(23-20(16)19)14-22-11-9-21-10-12-22/h2-8,17,21H,9-14H2,1H3. The maximum absolute atomic E-state index is 6.39. The number of nitrogens with zero attached hydrogens (tertiary/aromatic N) is 1. The van der Waals surface area contributed by atoms with Gasteiger partial charge in [-0.05, 0) is 23.6 Å². The molecule has 0 amide bonds. The Kier molecular flexibility index (Phi) is 4.06. The van der Waals surface area contributed by atoms with Crippen LogP contribution in [0.5, 0.6) is 5.75 Å². The molecule has 0 radical (unpaired) electrons. The van der Waals surface area contributed by atoms with E-state index in [1.54, 1.807) is 0 Å². The summed E-state index contributed by atoms with van der Waals surface area (Å²) < 4.78 is 6.39. The molecule has 2 aromatic carbocycles. The maximum atomic E-state index is 6.39. The highest BCUT2D eigenvalue weighted by Gasteiger charge is 2.27. The van der Waals surface area contributed by atoms with Crippen molar-refractivity contribution in [2.24, 2.45) is 0 Å². The molecule has 0 bridgehead atoms. The van der Waals surface area contributed by atoms with Crippen LogP contribution in [0, 0.1) is 6.92 Å². The molecule has 3 heteroatoms. The summed E-state index contributed by atoms with van der Waals surface area (Å²) in [5.74, 6) is 1.10. The fourth-order valence-corrected chi connectivity index (χ4v) is 3.71. The van der Waals surface area contributed by atoms with Gasteiger partial charge in [0.2, 0.25) is 0 Å². The average Bonchev–Trinajstić information content (AvgIpc) is 2.99. The van der Waals surface area contributed by atoms with Crippen molar-refractivity contribution in [2.75, 3.05) is 32.7 Å². The van der Waals surface area contributed by atoms with Crippen LogP contribution in [-0.2, 0) is 6.42 Å². The first kappa shape index (κ1) is 14.7. The Morgan fingerprint density at radius 3 is 2.65 bits per heavy atom. The molecule has 0 saturated carbocycles. The SMILES string of the molecule is Cc1ccccc1-c1cccc2c1OC(CN1CCNCC1)C2. The molecule has 2 heterocycles. The molecule has 1 saturated heterocycles. The maximum Gasteiger partial charge on any atom is 0.130 e. The third kappa shape index (κ3) is 2.99. The van der Waals surface area contributed by atoms with Gasteiger partial charge in [-0.2, -0.15) is 0 Å². The Morgan fingerprint density at radius 1 is 1.04 bits per heavy atom. The number of hydrogen-bond acceptors (Lipinski definition) is 3. The lowest BCUT2D eigenvalue weighted by Crippen LogP contribution is -2.47. The van der Waals surface area contributed by atoms with Crippen molar-refractivity contribution in [1.29, 1.82) is 0 Å². The quantitative estimate of drug-likeness (QED) is 0.943. The summed E-state index contributed by atoms with van der Waals surface area (Å²) in [4.78, 5) is 2.51. The number of benzene rings is 2. The van der Waals surface area contributed by atoms with Crippen molar-refractivity contribution in [3.63, 3.8) is 0 Å². The molecule has 0 aromatic heterocycles. The second-order valence-corrected chi connectivity index (χ2v) is 6.60. The first-order valence-corrected chi connectivity index (χ1v) is 8.59. The van der Waals surface area contributed by atoms with Gasteiger partial charge in [0.05, 0.1) is 0 Å². The van der Waals surface area contributed by atoms with Crippen LogP contribution < -0.4 is 10.1 Å². The number of aryl methyl sites for hydroxylation is 1. The molecular formula is C20H24N2O. The predicted octanol–water partition coefficient (Wildman–Crippen LogP) is 2.87. The number of fused-ring (bicyclic) bond motifs is 1. The Bertz CT molecular complexity index is 692. The van der Waals surface area contributed by atoms with Crippen molar-refractivity contribution >= 4 is 0 Å². The summed E-state index contributed by atoms with van der Waals surface area (Å²) in [6, 6.07) is 15.1. The fourth-order valence-electron chi connectivity index (χ4n) is 3.71. The zero-order chi connectivity index (χ0) is 15.6. The predicted molar refractivity (Wildman–Crippen MR) is 94.0 cm³/mol.